The first kappa shape index (κ1) is 15.7. The second-order valence-electron chi connectivity index (χ2n) is 6.38. The minimum atomic E-state index is -0.0405. The molecule has 21 heavy (non-hydrogen) atoms. The second-order valence-corrected chi connectivity index (χ2v) is 6.38. The number of nitrogens with one attached hydrogen (secondary N) is 1. The summed E-state index contributed by atoms with van der Waals surface area (Å²) in [6.45, 7) is 6.95. The maximum absolute atomic E-state index is 12.4. The van der Waals surface area contributed by atoms with Crippen LogP contribution in [0.15, 0.2) is 18.2 Å². The molecule has 0 saturated heterocycles. The number of amides is 1. The van der Waals surface area contributed by atoms with Gasteiger partial charge in [0.05, 0.1) is 13.7 Å². The molecule has 0 heterocycles. The van der Waals surface area contributed by atoms with Crippen molar-refractivity contribution in [3.63, 3.8) is 0 Å². The number of hydrogen-bond donors (Lipinski definition) is 1. The molecule has 1 saturated carbocycles. The fourth-order valence-electron chi connectivity index (χ4n) is 2.91. The van der Waals surface area contributed by atoms with E-state index in [1.165, 1.54) is 0 Å². The van der Waals surface area contributed by atoms with Gasteiger partial charge in [0.25, 0.3) is 5.91 Å². The lowest BCUT2D eigenvalue weighted by Crippen LogP contribution is -2.33. The number of carbonyl (C=O) groups excluding carboxylic acids is 1. The molecule has 0 spiro atoms. The van der Waals surface area contributed by atoms with Crippen LogP contribution in [0.25, 0.3) is 0 Å². The topological polar surface area (TPSA) is 47.6 Å². The molecule has 4 nitrogen and oxygen atoms in total. The first-order chi connectivity index (χ1) is 9.95. The summed E-state index contributed by atoms with van der Waals surface area (Å²) in [5.74, 6) is 1.22. The number of benzene rings is 1. The molecule has 1 unspecified atom stereocenters. The lowest BCUT2D eigenvalue weighted by atomic mass is 9.92. The zero-order valence-electron chi connectivity index (χ0n) is 13.4. The van der Waals surface area contributed by atoms with E-state index in [2.05, 4.69) is 19.2 Å². The van der Waals surface area contributed by atoms with E-state index in [0.29, 0.717) is 29.1 Å². The van der Waals surface area contributed by atoms with Crippen molar-refractivity contribution < 1.29 is 14.3 Å². The van der Waals surface area contributed by atoms with Gasteiger partial charge in [-0.3, -0.25) is 4.79 Å². The molecule has 1 aromatic carbocycles. The van der Waals surface area contributed by atoms with E-state index in [9.17, 15) is 4.79 Å². The monoisotopic (exact) mass is 291 g/mol. The van der Waals surface area contributed by atoms with Gasteiger partial charge in [0.2, 0.25) is 0 Å². The van der Waals surface area contributed by atoms with E-state index in [1.807, 2.05) is 6.92 Å². The minimum Gasteiger partial charge on any atom is -0.493 e. The molecule has 0 aliphatic heterocycles. The predicted molar refractivity (Wildman–Crippen MR) is 83.0 cm³/mol. The molecule has 1 fully saturated rings. The summed E-state index contributed by atoms with van der Waals surface area (Å²) in [5, 5.41) is 3.12. The van der Waals surface area contributed by atoms with Gasteiger partial charge in [-0.05, 0) is 49.8 Å². The molecular weight excluding hydrogens is 266 g/mol. The summed E-state index contributed by atoms with van der Waals surface area (Å²) in [6.07, 6.45) is 3.24. The lowest BCUT2D eigenvalue weighted by Gasteiger charge is -2.18. The molecule has 1 aliphatic carbocycles. The molecule has 0 aromatic heterocycles. The Hall–Kier alpha value is -1.71. The number of ether oxygens (including phenoxy) is 2. The Labute approximate surface area is 126 Å². The van der Waals surface area contributed by atoms with Gasteiger partial charge < -0.3 is 14.8 Å². The van der Waals surface area contributed by atoms with Gasteiger partial charge >= 0.3 is 0 Å². The molecule has 116 valence electrons. The molecule has 2 rings (SSSR count). The smallest absolute Gasteiger partial charge is 0.251 e. The van der Waals surface area contributed by atoms with Gasteiger partial charge in [0.1, 0.15) is 0 Å². The third-order valence-corrected chi connectivity index (χ3v) is 4.03. The molecule has 1 N–H and O–H groups in total. The molecule has 0 radical (unpaired) electrons. The molecule has 1 amide bonds. The van der Waals surface area contributed by atoms with Crippen LogP contribution in [0.1, 0.15) is 50.4 Å². The van der Waals surface area contributed by atoms with Gasteiger partial charge in [-0.25, -0.2) is 0 Å². The third kappa shape index (κ3) is 3.90. The molecule has 0 bridgehead atoms. The Morgan fingerprint density at radius 3 is 2.71 bits per heavy atom. The first-order valence-electron chi connectivity index (χ1n) is 7.57. The predicted octanol–water partition coefficient (Wildman–Crippen LogP) is 3.40. The number of carbonyl (C=O) groups is 1. The van der Waals surface area contributed by atoms with Crippen molar-refractivity contribution >= 4 is 5.91 Å². The van der Waals surface area contributed by atoms with Crippen molar-refractivity contribution in [2.75, 3.05) is 13.7 Å². The van der Waals surface area contributed by atoms with Gasteiger partial charge in [0, 0.05) is 11.6 Å². The largest absolute Gasteiger partial charge is 0.493 e. The zero-order chi connectivity index (χ0) is 15.5. The van der Waals surface area contributed by atoms with Crippen LogP contribution >= 0.6 is 0 Å². The molecule has 4 heteroatoms. The van der Waals surface area contributed by atoms with Crippen LogP contribution in [0.3, 0.4) is 0 Å². The van der Waals surface area contributed by atoms with Crippen molar-refractivity contribution in [1.29, 1.82) is 0 Å². The van der Waals surface area contributed by atoms with E-state index >= 15 is 0 Å². The Kier molecular flexibility index (Phi) is 4.76. The second kappa shape index (κ2) is 6.37. The lowest BCUT2D eigenvalue weighted by molar-refractivity contribution is 0.0935. The minimum absolute atomic E-state index is 0.0405. The molecular formula is C17H25NO3. The van der Waals surface area contributed by atoms with Gasteiger partial charge in [-0.2, -0.15) is 0 Å². The Bertz CT molecular complexity index is 511. The Morgan fingerprint density at radius 2 is 2.14 bits per heavy atom. The summed E-state index contributed by atoms with van der Waals surface area (Å²) in [5.41, 5.74) is 0.942. The summed E-state index contributed by atoms with van der Waals surface area (Å²) in [4.78, 5) is 12.4. The summed E-state index contributed by atoms with van der Waals surface area (Å²) in [7, 11) is 1.60. The van der Waals surface area contributed by atoms with Crippen LogP contribution < -0.4 is 14.8 Å². The summed E-state index contributed by atoms with van der Waals surface area (Å²) >= 11 is 0. The normalized spacial score (nSPS) is 20.1. The van der Waals surface area contributed by atoms with E-state index in [4.69, 9.17) is 9.47 Å². The van der Waals surface area contributed by atoms with Gasteiger partial charge in [0.15, 0.2) is 11.5 Å². The van der Waals surface area contributed by atoms with Gasteiger partial charge in [-0.15, -0.1) is 0 Å². The standard InChI is InChI=1S/C17H25NO3/c1-5-21-15-10-12(6-7-14(15)20-4)16(19)18-13-8-9-17(2,3)11-13/h6-7,10,13H,5,8-9,11H2,1-4H3,(H,18,19). The summed E-state index contributed by atoms with van der Waals surface area (Å²) in [6, 6.07) is 5.57. The highest BCUT2D eigenvalue weighted by atomic mass is 16.5. The van der Waals surface area contributed by atoms with Crippen LogP contribution in [0.2, 0.25) is 0 Å². The highest BCUT2D eigenvalue weighted by Crippen LogP contribution is 2.37. The maximum Gasteiger partial charge on any atom is 0.251 e. The van der Waals surface area contributed by atoms with Gasteiger partial charge in [-0.1, -0.05) is 13.8 Å². The van der Waals surface area contributed by atoms with Crippen molar-refractivity contribution in [2.24, 2.45) is 5.41 Å². The zero-order valence-corrected chi connectivity index (χ0v) is 13.4. The van der Waals surface area contributed by atoms with E-state index in [0.717, 1.165) is 19.3 Å². The van der Waals surface area contributed by atoms with E-state index < -0.39 is 0 Å². The molecule has 1 aliphatic rings. The van der Waals surface area contributed by atoms with Crippen molar-refractivity contribution in [3.05, 3.63) is 23.8 Å². The maximum atomic E-state index is 12.4. The fraction of sp³-hybridized carbons (Fsp3) is 0.588. The first-order valence-corrected chi connectivity index (χ1v) is 7.57. The summed E-state index contributed by atoms with van der Waals surface area (Å²) < 4.78 is 10.8. The average molecular weight is 291 g/mol. The van der Waals surface area contributed by atoms with Crippen LogP contribution in [-0.4, -0.2) is 25.7 Å². The van der Waals surface area contributed by atoms with Crippen LogP contribution in [0.4, 0.5) is 0 Å². The van der Waals surface area contributed by atoms with Crippen LogP contribution in [0.5, 0.6) is 11.5 Å². The Balaban J connectivity index is 2.07. The van der Waals surface area contributed by atoms with Crippen molar-refractivity contribution in [2.45, 2.75) is 46.1 Å². The Morgan fingerprint density at radius 1 is 1.38 bits per heavy atom. The third-order valence-electron chi connectivity index (χ3n) is 4.03. The fourth-order valence-corrected chi connectivity index (χ4v) is 2.91. The van der Waals surface area contributed by atoms with E-state index in [1.54, 1.807) is 25.3 Å². The van der Waals surface area contributed by atoms with Crippen LogP contribution in [-0.2, 0) is 0 Å². The quantitative estimate of drug-likeness (QED) is 0.904. The van der Waals surface area contributed by atoms with E-state index in [-0.39, 0.29) is 11.9 Å². The number of hydrogen-bond acceptors (Lipinski definition) is 3. The highest BCUT2D eigenvalue weighted by Gasteiger charge is 2.31. The molecule has 1 atom stereocenters. The highest BCUT2D eigenvalue weighted by molar-refractivity contribution is 5.95. The average Bonchev–Trinajstić information content (AvgIpc) is 2.78. The molecule has 1 aromatic rings. The van der Waals surface area contributed by atoms with Crippen molar-refractivity contribution in [1.82, 2.24) is 5.32 Å². The van der Waals surface area contributed by atoms with Crippen molar-refractivity contribution in [3.8, 4) is 11.5 Å². The number of rotatable bonds is 5. The SMILES string of the molecule is CCOc1cc(C(=O)NC2CCC(C)(C)C2)ccc1OC. The number of methoxy groups -OCH3 is 1. The van der Waals surface area contributed by atoms with Crippen LogP contribution in [0, 0.1) is 5.41 Å².